The Morgan fingerprint density at radius 3 is 2.81 bits per heavy atom. The van der Waals surface area contributed by atoms with Gasteiger partial charge in [-0.1, -0.05) is 26.0 Å². The smallest absolute Gasteiger partial charge is 0.273 e. The molecule has 2 N–H and O–H groups in total. The van der Waals surface area contributed by atoms with Crippen molar-refractivity contribution >= 4 is 11.9 Å². The number of nitrogen functional groups attached to an aromatic ring is 1. The Balaban J connectivity index is 1.93. The molecule has 26 heavy (non-hydrogen) atoms. The summed E-state index contributed by atoms with van der Waals surface area (Å²) in [4.78, 5) is 23.6. The molecule has 1 amide bonds. The fraction of sp³-hybridized carbons (Fsp3) is 0.450. The summed E-state index contributed by atoms with van der Waals surface area (Å²) < 4.78 is 5.34. The zero-order valence-electron chi connectivity index (χ0n) is 15.6. The second kappa shape index (κ2) is 7.72. The van der Waals surface area contributed by atoms with Gasteiger partial charge in [-0.25, -0.2) is 9.97 Å². The van der Waals surface area contributed by atoms with Gasteiger partial charge in [-0.2, -0.15) is 0 Å². The van der Waals surface area contributed by atoms with E-state index in [4.69, 9.17) is 10.5 Å². The van der Waals surface area contributed by atoms with Crippen molar-refractivity contribution in [2.45, 2.75) is 45.1 Å². The number of hydrogen-bond donors (Lipinski definition) is 1. The molecule has 0 bridgehead atoms. The van der Waals surface area contributed by atoms with Gasteiger partial charge in [-0.05, 0) is 48.9 Å². The molecule has 1 atom stereocenters. The van der Waals surface area contributed by atoms with Crippen molar-refractivity contribution in [3.05, 3.63) is 47.3 Å². The molecule has 1 aromatic heterocycles. The molecule has 0 saturated carbocycles. The highest BCUT2D eigenvalue weighted by molar-refractivity contribution is 5.93. The fourth-order valence-electron chi connectivity index (χ4n) is 3.41. The van der Waals surface area contributed by atoms with Gasteiger partial charge in [0.05, 0.1) is 13.2 Å². The van der Waals surface area contributed by atoms with Crippen LogP contribution in [-0.4, -0.2) is 34.4 Å². The molecule has 6 nitrogen and oxygen atoms in total. The fourth-order valence-corrected chi connectivity index (χ4v) is 3.41. The molecule has 0 spiro atoms. The van der Waals surface area contributed by atoms with E-state index in [9.17, 15) is 4.79 Å². The summed E-state index contributed by atoms with van der Waals surface area (Å²) in [7, 11) is 1.65. The third-order valence-electron chi connectivity index (χ3n) is 4.82. The maximum Gasteiger partial charge on any atom is 0.273 e. The van der Waals surface area contributed by atoms with Crippen LogP contribution in [0.1, 0.15) is 66.8 Å². The summed E-state index contributed by atoms with van der Waals surface area (Å²) in [6.07, 6.45) is 3.01. The minimum absolute atomic E-state index is 0.0186. The van der Waals surface area contributed by atoms with Gasteiger partial charge in [-0.3, -0.25) is 4.79 Å². The van der Waals surface area contributed by atoms with E-state index in [1.54, 1.807) is 13.2 Å². The first-order chi connectivity index (χ1) is 12.5. The van der Waals surface area contributed by atoms with E-state index in [0.29, 0.717) is 12.2 Å². The van der Waals surface area contributed by atoms with E-state index in [0.717, 1.165) is 36.3 Å². The van der Waals surface area contributed by atoms with Crippen LogP contribution in [0.5, 0.6) is 5.75 Å². The highest BCUT2D eigenvalue weighted by atomic mass is 16.5. The van der Waals surface area contributed by atoms with Gasteiger partial charge in [0.15, 0.2) is 0 Å². The van der Waals surface area contributed by atoms with Crippen molar-refractivity contribution in [3.8, 4) is 5.75 Å². The predicted octanol–water partition coefficient (Wildman–Crippen LogP) is 3.56. The first kappa shape index (κ1) is 18.2. The number of nitrogens with zero attached hydrogens (tertiary/aromatic N) is 3. The maximum atomic E-state index is 13.2. The molecule has 3 rings (SSSR count). The highest BCUT2D eigenvalue weighted by Gasteiger charge is 2.30. The van der Waals surface area contributed by atoms with Crippen LogP contribution in [0.2, 0.25) is 0 Å². The molecular weight excluding hydrogens is 328 g/mol. The standard InChI is InChI=1S/C20H26N4O2/c1-13(2)16-12-17(23-20(21)22-16)19(25)24-10-5-4-9-18(24)14-7-6-8-15(11-14)26-3/h6-8,11-13,18H,4-5,9-10H2,1-3H3,(H2,21,22,23). The number of nitrogens with two attached hydrogens (primary N) is 1. The molecule has 1 aliphatic rings. The van der Waals surface area contributed by atoms with Crippen LogP contribution >= 0.6 is 0 Å². The third-order valence-corrected chi connectivity index (χ3v) is 4.82. The van der Waals surface area contributed by atoms with Gasteiger partial charge in [-0.15, -0.1) is 0 Å². The Morgan fingerprint density at radius 2 is 2.08 bits per heavy atom. The van der Waals surface area contributed by atoms with E-state index >= 15 is 0 Å². The monoisotopic (exact) mass is 354 g/mol. The molecule has 6 heteroatoms. The first-order valence-electron chi connectivity index (χ1n) is 9.09. The lowest BCUT2D eigenvalue weighted by molar-refractivity contribution is 0.0605. The molecule has 138 valence electrons. The summed E-state index contributed by atoms with van der Waals surface area (Å²) in [5.74, 6) is 1.04. The second-order valence-electron chi connectivity index (χ2n) is 6.98. The summed E-state index contributed by atoms with van der Waals surface area (Å²) >= 11 is 0. The van der Waals surface area contributed by atoms with Crippen LogP contribution in [-0.2, 0) is 0 Å². The number of piperidine rings is 1. The number of ether oxygens (including phenoxy) is 1. The molecule has 1 saturated heterocycles. The van der Waals surface area contributed by atoms with Crippen molar-refractivity contribution in [1.29, 1.82) is 0 Å². The predicted molar refractivity (Wildman–Crippen MR) is 101 cm³/mol. The maximum absolute atomic E-state index is 13.2. The van der Waals surface area contributed by atoms with Crippen LogP contribution < -0.4 is 10.5 Å². The number of anilines is 1. The van der Waals surface area contributed by atoms with E-state index in [2.05, 4.69) is 9.97 Å². The van der Waals surface area contributed by atoms with Crippen molar-refractivity contribution in [2.24, 2.45) is 0 Å². The molecule has 1 aromatic carbocycles. The molecule has 0 radical (unpaired) electrons. The van der Waals surface area contributed by atoms with Crippen LogP contribution in [0.4, 0.5) is 5.95 Å². The molecule has 1 fully saturated rings. The molecule has 1 unspecified atom stereocenters. The van der Waals surface area contributed by atoms with Crippen LogP contribution in [0.3, 0.4) is 0 Å². The average molecular weight is 354 g/mol. The van der Waals surface area contributed by atoms with Gasteiger partial charge in [0.25, 0.3) is 5.91 Å². The van der Waals surface area contributed by atoms with E-state index in [1.807, 2.05) is 43.0 Å². The van der Waals surface area contributed by atoms with E-state index < -0.39 is 0 Å². The second-order valence-corrected chi connectivity index (χ2v) is 6.98. The molecule has 2 aromatic rings. The number of benzene rings is 1. The molecule has 2 heterocycles. The Labute approximate surface area is 154 Å². The van der Waals surface area contributed by atoms with Gasteiger partial charge in [0, 0.05) is 12.2 Å². The normalized spacial score (nSPS) is 17.4. The van der Waals surface area contributed by atoms with Crippen molar-refractivity contribution < 1.29 is 9.53 Å². The lowest BCUT2D eigenvalue weighted by atomic mass is 9.94. The zero-order valence-corrected chi connectivity index (χ0v) is 15.6. The zero-order chi connectivity index (χ0) is 18.7. The number of rotatable bonds is 4. The number of carbonyl (C=O) groups is 1. The number of aromatic nitrogens is 2. The number of likely N-dealkylation sites (tertiary alicyclic amines) is 1. The van der Waals surface area contributed by atoms with Gasteiger partial charge in [0.1, 0.15) is 11.4 Å². The Hall–Kier alpha value is -2.63. The summed E-state index contributed by atoms with van der Waals surface area (Å²) in [6.45, 7) is 4.76. The number of hydrogen-bond acceptors (Lipinski definition) is 5. The number of carbonyl (C=O) groups excluding carboxylic acids is 1. The minimum atomic E-state index is -0.0893. The molecular formula is C20H26N4O2. The average Bonchev–Trinajstić information content (AvgIpc) is 2.67. The Morgan fingerprint density at radius 1 is 1.27 bits per heavy atom. The number of methoxy groups -OCH3 is 1. The van der Waals surface area contributed by atoms with E-state index in [1.165, 1.54) is 0 Å². The lowest BCUT2D eigenvalue weighted by Crippen LogP contribution is -2.39. The van der Waals surface area contributed by atoms with Crippen LogP contribution in [0.25, 0.3) is 0 Å². The summed E-state index contributed by atoms with van der Waals surface area (Å²) in [5, 5.41) is 0. The van der Waals surface area contributed by atoms with Crippen molar-refractivity contribution in [3.63, 3.8) is 0 Å². The Bertz CT molecular complexity index is 791. The topological polar surface area (TPSA) is 81.3 Å². The van der Waals surface area contributed by atoms with Gasteiger partial charge in [0.2, 0.25) is 5.95 Å². The van der Waals surface area contributed by atoms with Crippen molar-refractivity contribution in [1.82, 2.24) is 14.9 Å². The summed E-state index contributed by atoms with van der Waals surface area (Å²) in [5.41, 5.74) is 8.08. The van der Waals surface area contributed by atoms with Crippen molar-refractivity contribution in [2.75, 3.05) is 19.4 Å². The number of amides is 1. The summed E-state index contributed by atoms with van der Waals surface area (Å²) in [6, 6.07) is 9.71. The lowest BCUT2D eigenvalue weighted by Gasteiger charge is -2.36. The quantitative estimate of drug-likeness (QED) is 0.908. The molecule has 0 aliphatic carbocycles. The van der Waals surface area contributed by atoms with Crippen LogP contribution in [0, 0.1) is 0 Å². The van der Waals surface area contributed by atoms with Gasteiger partial charge < -0.3 is 15.4 Å². The Kier molecular flexibility index (Phi) is 5.40. The first-order valence-corrected chi connectivity index (χ1v) is 9.09. The third kappa shape index (κ3) is 3.79. The van der Waals surface area contributed by atoms with E-state index in [-0.39, 0.29) is 23.8 Å². The minimum Gasteiger partial charge on any atom is -0.497 e. The highest BCUT2D eigenvalue weighted by Crippen LogP contribution is 2.33. The largest absolute Gasteiger partial charge is 0.497 e. The SMILES string of the molecule is COc1cccc(C2CCCCN2C(=O)c2cc(C(C)C)nc(N)n2)c1. The van der Waals surface area contributed by atoms with Crippen LogP contribution in [0.15, 0.2) is 30.3 Å². The van der Waals surface area contributed by atoms with Gasteiger partial charge >= 0.3 is 0 Å². The molecule has 1 aliphatic heterocycles.